The van der Waals surface area contributed by atoms with Gasteiger partial charge >= 0.3 is 5.97 Å². The molecule has 7 nitrogen and oxygen atoms in total. The standard InChI is InChI=1S/C22H20F2N4O3/c1-13-3-5-18(6-4-13)27-22-25-10-19(14(2)26-22)21(31)28(12-20(29)30)11-15-7-16(23)9-17(24)8-15/h3-10H,11-12H2,1-2H3,(H,29,30)(H,25,26,27). The van der Waals surface area contributed by atoms with Crippen LogP contribution in [-0.2, 0) is 11.3 Å². The number of carboxylic acids is 1. The van der Waals surface area contributed by atoms with Gasteiger partial charge in [-0.05, 0) is 43.7 Å². The lowest BCUT2D eigenvalue weighted by atomic mass is 10.1. The minimum absolute atomic E-state index is 0.0904. The van der Waals surface area contributed by atoms with E-state index >= 15 is 0 Å². The highest BCUT2D eigenvalue weighted by Crippen LogP contribution is 2.18. The first kappa shape index (κ1) is 21.8. The molecule has 1 heterocycles. The van der Waals surface area contributed by atoms with Gasteiger partial charge in [-0.25, -0.2) is 18.7 Å². The second-order valence-corrected chi connectivity index (χ2v) is 7.02. The van der Waals surface area contributed by atoms with Crippen molar-refractivity contribution in [2.75, 3.05) is 11.9 Å². The topological polar surface area (TPSA) is 95.4 Å². The number of nitrogens with zero attached hydrogens (tertiary/aromatic N) is 3. The van der Waals surface area contributed by atoms with Crippen molar-refractivity contribution in [3.63, 3.8) is 0 Å². The Balaban J connectivity index is 1.83. The first-order chi connectivity index (χ1) is 14.7. The summed E-state index contributed by atoms with van der Waals surface area (Å²) < 4.78 is 27.0. The van der Waals surface area contributed by atoms with Crippen LogP contribution < -0.4 is 5.32 Å². The first-order valence-corrected chi connectivity index (χ1v) is 9.34. The fourth-order valence-electron chi connectivity index (χ4n) is 2.96. The number of amides is 1. The highest BCUT2D eigenvalue weighted by molar-refractivity contribution is 5.96. The Bertz CT molecular complexity index is 1100. The highest BCUT2D eigenvalue weighted by atomic mass is 19.1. The number of rotatable bonds is 7. The Morgan fingerprint density at radius 3 is 2.29 bits per heavy atom. The maximum absolute atomic E-state index is 13.5. The van der Waals surface area contributed by atoms with Gasteiger partial charge in [0, 0.05) is 24.5 Å². The Kier molecular flexibility index (Phi) is 6.54. The van der Waals surface area contributed by atoms with Crippen LogP contribution in [0.1, 0.15) is 27.2 Å². The molecule has 0 saturated heterocycles. The van der Waals surface area contributed by atoms with E-state index in [4.69, 9.17) is 0 Å². The van der Waals surface area contributed by atoms with Gasteiger partial charge in [-0.15, -0.1) is 0 Å². The van der Waals surface area contributed by atoms with Gasteiger partial charge in [0.2, 0.25) is 5.95 Å². The normalized spacial score (nSPS) is 10.6. The Morgan fingerprint density at radius 1 is 1.06 bits per heavy atom. The van der Waals surface area contributed by atoms with E-state index in [0.29, 0.717) is 11.8 Å². The summed E-state index contributed by atoms with van der Waals surface area (Å²) in [4.78, 5) is 33.6. The van der Waals surface area contributed by atoms with Gasteiger partial charge in [0.25, 0.3) is 5.91 Å². The molecule has 9 heteroatoms. The lowest BCUT2D eigenvalue weighted by Crippen LogP contribution is -2.36. The number of halogens is 2. The van der Waals surface area contributed by atoms with Crippen molar-refractivity contribution in [3.8, 4) is 0 Å². The number of aromatic nitrogens is 2. The number of anilines is 2. The second kappa shape index (κ2) is 9.29. The molecule has 0 aliphatic rings. The average molecular weight is 426 g/mol. The zero-order valence-electron chi connectivity index (χ0n) is 16.9. The summed E-state index contributed by atoms with van der Waals surface area (Å²) in [6.07, 6.45) is 1.29. The Morgan fingerprint density at radius 2 is 1.71 bits per heavy atom. The molecule has 2 N–H and O–H groups in total. The van der Waals surface area contributed by atoms with Crippen molar-refractivity contribution in [1.29, 1.82) is 0 Å². The molecule has 3 aromatic rings. The van der Waals surface area contributed by atoms with Crippen LogP contribution in [0.5, 0.6) is 0 Å². The van der Waals surface area contributed by atoms with Crippen LogP contribution in [0.2, 0.25) is 0 Å². The van der Waals surface area contributed by atoms with Crippen LogP contribution in [0.15, 0.2) is 48.7 Å². The number of carbonyl (C=O) groups excluding carboxylic acids is 1. The molecule has 3 rings (SSSR count). The summed E-state index contributed by atoms with van der Waals surface area (Å²) in [5.74, 6) is -3.28. The Hall–Kier alpha value is -3.88. The third-order valence-corrected chi connectivity index (χ3v) is 4.43. The van der Waals surface area contributed by atoms with Crippen LogP contribution in [0.3, 0.4) is 0 Å². The summed E-state index contributed by atoms with van der Waals surface area (Å²) in [5.41, 5.74) is 2.41. The molecule has 1 aromatic heterocycles. The third-order valence-electron chi connectivity index (χ3n) is 4.43. The van der Waals surface area contributed by atoms with E-state index in [9.17, 15) is 23.5 Å². The van der Waals surface area contributed by atoms with E-state index in [-0.39, 0.29) is 23.6 Å². The number of hydrogen-bond donors (Lipinski definition) is 2. The molecule has 0 atom stereocenters. The van der Waals surface area contributed by atoms with Crippen molar-refractivity contribution >= 4 is 23.5 Å². The second-order valence-electron chi connectivity index (χ2n) is 7.02. The van der Waals surface area contributed by atoms with Gasteiger partial charge in [-0.3, -0.25) is 9.59 Å². The molecule has 0 radical (unpaired) electrons. The molecule has 31 heavy (non-hydrogen) atoms. The lowest BCUT2D eigenvalue weighted by molar-refractivity contribution is -0.137. The van der Waals surface area contributed by atoms with Crippen molar-refractivity contribution < 1.29 is 23.5 Å². The van der Waals surface area contributed by atoms with E-state index in [0.717, 1.165) is 28.3 Å². The summed E-state index contributed by atoms with van der Waals surface area (Å²) in [6, 6.07) is 10.4. The molecular weight excluding hydrogens is 406 g/mol. The molecule has 0 bridgehead atoms. The molecule has 1 amide bonds. The SMILES string of the molecule is Cc1ccc(Nc2ncc(C(=O)N(CC(=O)O)Cc3cc(F)cc(F)c3)c(C)n2)cc1. The zero-order chi connectivity index (χ0) is 22.5. The largest absolute Gasteiger partial charge is 0.480 e. The quantitative estimate of drug-likeness (QED) is 0.596. The summed E-state index contributed by atoms with van der Waals surface area (Å²) >= 11 is 0. The Labute approximate surface area is 177 Å². The van der Waals surface area contributed by atoms with Gasteiger partial charge in [-0.1, -0.05) is 17.7 Å². The maximum Gasteiger partial charge on any atom is 0.323 e. The van der Waals surface area contributed by atoms with E-state index < -0.39 is 30.1 Å². The smallest absolute Gasteiger partial charge is 0.323 e. The molecule has 160 valence electrons. The average Bonchev–Trinajstić information content (AvgIpc) is 2.68. The lowest BCUT2D eigenvalue weighted by Gasteiger charge is -2.21. The number of hydrogen-bond acceptors (Lipinski definition) is 5. The molecule has 0 aliphatic heterocycles. The summed E-state index contributed by atoms with van der Waals surface area (Å²) in [7, 11) is 0. The number of benzene rings is 2. The predicted molar refractivity (Wildman–Crippen MR) is 110 cm³/mol. The zero-order valence-corrected chi connectivity index (χ0v) is 16.9. The van der Waals surface area contributed by atoms with Crippen molar-refractivity contribution in [2.45, 2.75) is 20.4 Å². The predicted octanol–water partition coefficient (Wildman–Crippen LogP) is 3.84. The van der Waals surface area contributed by atoms with Crippen LogP contribution in [-0.4, -0.2) is 38.4 Å². The first-order valence-electron chi connectivity index (χ1n) is 9.34. The van der Waals surface area contributed by atoms with Crippen LogP contribution >= 0.6 is 0 Å². The van der Waals surface area contributed by atoms with Gasteiger partial charge in [-0.2, -0.15) is 0 Å². The fraction of sp³-hybridized carbons (Fsp3) is 0.182. The van der Waals surface area contributed by atoms with Crippen LogP contribution in [0.25, 0.3) is 0 Å². The maximum atomic E-state index is 13.5. The van der Waals surface area contributed by atoms with E-state index in [2.05, 4.69) is 15.3 Å². The molecule has 0 fully saturated rings. The van der Waals surface area contributed by atoms with E-state index in [1.807, 2.05) is 31.2 Å². The highest BCUT2D eigenvalue weighted by Gasteiger charge is 2.22. The molecular formula is C22H20F2N4O3. The molecule has 0 saturated carbocycles. The van der Waals surface area contributed by atoms with Crippen molar-refractivity contribution in [1.82, 2.24) is 14.9 Å². The number of aryl methyl sites for hydroxylation is 2. The van der Waals surface area contributed by atoms with Gasteiger partial charge in [0.1, 0.15) is 18.2 Å². The summed E-state index contributed by atoms with van der Waals surface area (Å²) in [6.45, 7) is 2.62. The molecule has 0 aliphatic carbocycles. The van der Waals surface area contributed by atoms with Crippen LogP contribution in [0.4, 0.5) is 20.4 Å². The molecule has 0 unspecified atom stereocenters. The minimum atomic E-state index is -1.26. The van der Waals surface area contributed by atoms with E-state index in [1.54, 1.807) is 6.92 Å². The third kappa shape index (κ3) is 5.81. The molecule has 2 aromatic carbocycles. The van der Waals surface area contributed by atoms with Gasteiger partial charge in [0.05, 0.1) is 11.3 Å². The van der Waals surface area contributed by atoms with Crippen molar-refractivity contribution in [3.05, 3.63) is 82.7 Å². The van der Waals surface area contributed by atoms with Gasteiger partial charge < -0.3 is 15.3 Å². The number of aliphatic carboxylic acids is 1. The van der Waals surface area contributed by atoms with E-state index in [1.165, 1.54) is 6.20 Å². The minimum Gasteiger partial charge on any atom is -0.480 e. The van der Waals surface area contributed by atoms with Crippen molar-refractivity contribution in [2.24, 2.45) is 0 Å². The number of nitrogens with one attached hydrogen (secondary N) is 1. The summed E-state index contributed by atoms with van der Waals surface area (Å²) in [5, 5.41) is 12.2. The monoisotopic (exact) mass is 426 g/mol. The molecule has 0 spiro atoms. The van der Waals surface area contributed by atoms with Gasteiger partial charge in [0.15, 0.2) is 0 Å². The number of carboxylic acid groups (broad SMARTS) is 1. The number of carbonyl (C=O) groups is 2. The fourth-order valence-corrected chi connectivity index (χ4v) is 2.96. The van der Waals surface area contributed by atoms with Crippen LogP contribution in [0, 0.1) is 25.5 Å².